The Morgan fingerprint density at radius 2 is 1.77 bits per heavy atom. The van der Waals surface area contributed by atoms with E-state index in [0.717, 1.165) is 56.6 Å². The zero-order valence-electron chi connectivity index (χ0n) is 18.2. The second-order valence-electron chi connectivity index (χ2n) is 8.45. The fourth-order valence-corrected chi connectivity index (χ4v) is 5.98. The number of nitrogens with zero attached hydrogens (tertiary/aromatic N) is 3. The van der Waals surface area contributed by atoms with Crippen molar-refractivity contribution >= 4 is 27.4 Å². The number of anilines is 1. The van der Waals surface area contributed by atoms with Crippen LogP contribution in [0.1, 0.15) is 29.7 Å². The number of piperazine rings is 1. The molecular formula is C24H31N4O2S+. The zero-order valence-corrected chi connectivity index (χ0v) is 19.0. The molecule has 1 saturated heterocycles. The van der Waals surface area contributed by atoms with Gasteiger partial charge in [-0.15, -0.1) is 11.3 Å². The molecule has 31 heavy (non-hydrogen) atoms. The summed E-state index contributed by atoms with van der Waals surface area (Å²) < 4.78 is 11.1. The predicted octanol–water partition coefficient (Wildman–Crippen LogP) is 2.75. The highest BCUT2D eigenvalue weighted by Gasteiger charge is 2.26. The average molecular weight is 440 g/mol. The quantitative estimate of drug-likeness (QED) is 0.599. The maximum atomic E-state index is 5.93. The van der Waals surface area contributed by atoms with Gasteiger partial charge >= 0.3 is 0 Å². The lowest BCUT2D eigenvalue weighted by Gasteiger charge is -2.33. The molecule has 3 heterocycles. The Hall–Kier alpha value is -2.38. The number of rotatable bonds is 6. The van der Waals surface area contributed by atoms with E-state index in [-0.39, 0.29) is 0 Å². The molecule has 0 spiro atoms. The number of hydrogen-bond acceptors (Lipinski definition) is 6. The lowest BCUT2D eigenvalue weighted by Crippen LogP contribution is -3.15. The molecular weight excluding hydrogens is 408 g/mol. The summed E-state index contributed by atoms with van der Waals surface area (Å²) in [4.78, 5) is 16.2. The number of aryl methyl sites for hydroxylation is 2. The van der Waals surface area contributed by atoms with E-state index in [9.17, 15) is 0 Å². The second kappa shape index (κ2) is 9.40. The molecule has 1 fully saturated rings. The standard InChI is InChI=1S/C24H30N4O2S/c1-29-18-7-9-19(10-8-18)30-16-15-27-11-13-28(14-12-27)23-22-20-5-3-2-4-6-21(20)31-24(22)26-17-25-23/h7-10,17H,2-6,11-16H2,1H3/p+1. The third kappa shape index (κ3) is 4.48. The van der Waals surface area contributed by atoms with E-state index >= 15 is 0 Å². The third-order valence-electron chi connectivity index (χ3n) is 6.54. The van der Waals surface area contributed by atoms with E-state index in [0.29, 0.717) is 0 Å². The maximum absolute atomic E-state index is 5.93. The van der Waals surface area contributed by atoms with Gasteiger partial charge in [-0.3, -0.25) is 0 Å². The van der Waals surface area contributed by atoms with Crippen LogP contribution < -0.4 is 19.3 Å². The molecule has 1 aromatic carbocycles. The van der Waals surface area contributed by atoms with Crippen LogP contribution in [0.4, 0.5) is 5.82 Å². The molecule has 0 atom stereocenters. The summed E-state index contributed by atoms with van der Waals surface area (Å²) in [7, 11) is 1.68. The van der Waals surface area contributed by atoms with Gasteiger partial charge in [-0.05, 0) is 55.5 Å². The minimum atomic E-state index is 0.734. The fraction of sp³-hybridized carbons (Fsp3) is 0.500. The van der Waals surface area contributed by atoms with Crippen molar-refractivity contribution in [3.8, 4) is 11.5 Å². The third-order valence-corrected chi connectivity index (χ3v) is 7.74. The summed E-state index contributed by atoms with van der Waals surface area (Å²) in [6.07, 6.45) is 8.09. The number of quaternary nitrogens is 1. The van der Waals surface area contributed by atoms with Gasteiger partial charge in [0.15, 0.2) is 0 Å². The van der Waals surface area contributed by atoms with Crippen molar-refractivity contribution < 1.29 is 14.4 Å². The molecule has 7 heteroatoms. The lowest BCUT2D eigenvalue weighted by molar-refractivity contribution is -0.900. The number of hydrogen-bond donors (Lipinski definition) is 1. The Bertz CT molecular complexity index is 1010. The second-order valence-corrected chi connectivity index (χ2v) is 9.54. The molecule has 5 rings (SSSR count). The number of thiophene rings is 1. The minimum absolute atomic E-state index is 0.734. The van der Waals surface area contributed by atoms with Crippen LogP contribution in [0.3, 0.4) is 0 Å². The van der Waals surface area contributed by atoms with Crippen molar-refractivity contribution in [2.45, 2.75) is 32.1 Å². The van der Waals surface area contributed by atoms with E-state index in [1.54, 1.807) is 23.2 Å². The topological polar surface area (TPSA) is 51.9 Å². The van der Waals surface area contributed by atoms with Crippen molar-refractivity contribution in [3.63, 3.8) is 0 Å². The molecule has 2 aliphatic rings. The Kier molecular flexibility index (Phi) is 6.22. The maximum Gasteiger partial charge on any atom is 0.141 e. The summed E-state index contributed by atoms with van der Waals surface area (Å²) in [6, 6.07) is 7.82. The van der Waals surface area contributed by atoms with Crippen LogP contribution in [0.15, 0.2) is 30.6 Å². The Balaban J connectivity index is 1.19. The summed E-state index contributed by atoms with van der Waals surface area (Å²) in [5.74, 6) is 2.92. The van der Waals surface area contributed by atoms with Gasteiger partial charge in [-0.25, -0.2) is 9.97 Å². The lowest BCUT2D eigenvalue weighted by atomic mass is 10.1. The Morgan fingerprint density at radius 1 is 1.00 bits per heavy atom. The predicted molar refractivity (Wildman–Crippen MR) is 125 cm³/mol. The molecule has 6 nitrogen and oxygen atoms in total. The zero-order chi connectivity index (χ0) is 21.0. The average Bonchev–Trinajstić information content (AvgIpc) is 3.01. The van der Waals surface area contributed by atoms with Crippen molar-refractivity contribution in [3.05, 3.63) is 41.0 Å². The van der Waals surface area contributed by atoms with E-state index in [4.69, 9.17) is 14.5 Å². The van der Waals surface area contributed by atoms with Gasteiger partial charge in [-0.2, -0.15) is 0 Å². The Morgan fingerprint density at radius 3 is 2.58 bits per heavy atom. The first-order valence-electron chi connectivity index (χ1n) is 11.4. The summed E-state index contributed by atoms with van der Waals surface area (Å²) >= 11 is 1.90. The molecule has 0 amide bonds. The molecule has 3 aromatic rings. The van der Waals surface area contributed by atoms with E-state index in [1.165, 1.54) is 47.9 Å². The van der Waals surface area contributed by atoms with Crippen LogP contribution in [-0.2, 0) is 12.8 Å². The largest absolute Gasteiger partial charge is 0.497 e. The highest BCUT2D eigenvalue weighted by Crippen LogP contribution is 2.38. The SMILES string of the molecule is COc1ccc(OCC[NH+]2CCN(c3ncnc4sc5c(c34)CCCCC5)CC2)cc1. The minimum Gasteiger partial charge on any atom is -0.497 e. The number of nitrogens with one attached hydrogen (secondary N) is 1. The van der Waals surface area contributed by atoms with Gasteiger partial charge in [0, 0.05) is 4.88 Å². The van der Waals surface area contributed by atoms with Crippen LogP contribution >= 0.6 is 11.3 Å². The summed E-state index contributed by atoms with van der Waals surface area (Å²) in [6.45, 7) is 6.06. The monoisotopic (exact) mass is 439 g/mol. The van der Waals surface area contributed by atoms with Crippen molar-refractivity contribution in [2.75, 3.05) is 51.3 Å². The number of aromatic nitrogens is 2. The van der Waals surface area contributed by atoms with Gasteiger partial charge < -0.3 is 19.3 Å². The molecule has 0 bridgehead atoms. The first kappa shape index (κ1) is 20.5. The van der Waals surface area contributed by atoms with Crippen LogP contribution in [-0.4, -0.2) is 56.4 Å². The van der Waals surface area contributed by atoms with Crippen LogP contribution in [0.5, 0.6) is 11.5 Å². The van der Waals surface area contributed by atoms with Crippen molar-refractivity contribution in [1.29, 1.82) is 0 Å². The van der Waals surface area contributed by atoms with Gasteiger partial charge in [0.2, 0.25) is 0 Å². The summed E-state index contributed by atoms with van der Waals surface area (Å²) in [5, 5.41) is 1.34. The molecule has 1 N–H and O–H groups in total. The number of fused-ring (bicyclic) bond motifs is 3. The molecule has 164 valence electrons. The number of benzene rings is 1. The number of methoxy groups -OCH3 is 1. The molecule has 0 saturated carbocycles. The first-order valence-corrected chi connectivity index (χ1v) is 12.2. The molecule has 0 unspecified atom stereocenters. The summed E-state index contributed by atoms with van der Waals surface area (Å²) in [5.41, 5.74) is 1.54. The highest BCUT2D eigenvalue weighted by molar-refractivity contribution is 7.18. The van der Waals surface area contributed by atoms with Crippen LogP contribution in [0.25, 0.3) is 10.2 Å². The van der Waals surface area contributed by atoms with E-state index in [1.807, 2.05) is 35.6 Å². The van der Waals surface area contributed by atoms with Crippen LogP contribution in [0, 0.1) is 0 Å². The molecule has 1 aliphatic carbocycles. The van der Waals surface area contributed by atoms with E-state index < -0.39 is 0 Å². The highest BCUT2D eigenvalue weighted by atomic mass is 32.1. The van der Waals surface area contributed by atoms with Crippen LogP contribution in [0.2, 0.25) is 0 Å². The van der Waals surface area contributed by atoms with Crippen molar-refractivity contribution in [2.24, 2.45) is 0 Å². The Labute approximate surface area is 187 Å². The molecule has 2 aromatic heterocycles. The number of ether oxygens (including phenoxy) is 2. The van der Waals surface area contributed by atoms with Gasteiger partial charge in [0.1, 0.15) is 41.6 Å². The molecule has 0 radical (unpaired) electrons. The van der Waals surface area contributed by atoms with E-state index in [2.05, 4.69) is 9.88 Å². The van der Waals surface area contributed by atoms with Gasteiger partial charge in [-0.1, -0.05) is 6.42 Å². The smallest absolute Gasteiger partial charge is 0.141 e. The normalized spacial score (nSPS) is 17.4. The van der Waals surface area contributed by atoms with Gasteiger partial charge in [0.25, 0.3) is 0 Å². The first-order chi connectivity index (χ1) is 15.3. The van der Waals surface area contributed by atoms with Gasteiger partial charge in [0.05, 0.1) is 38.7 Å². The fourth-order valence-electron chi connectivity index (χ4n) is 4.76. The molecule has 1 aliphatic heterocycles. The van der Waals surface area contributed by atoms with Crippen molar-refractivity contribution in [1.82, 2.24) is 9.97 Å².